The van der Waals surface area contributed by atoms with Crippen LogP contribution in [0.3, 0.4) is 0 Å². The van der Waals surface area contributed by atoms with Crippen molar-refractivity contribution in [1.29, 1.82) is 0 Å². The number of rotatable bonds is 5. The van der Waals surface area contributed by atoms with E-state index in [1.807, 2.05) is 0 Å². The molecule has 36 heavy (non-hydrogen) atoms. The Morgan fingerprint density at radius 2 is 1.72 bits per heavy atom. The molecule has 0 radical (unpaired) electrons. The molecule has 0 amide bonds. The van der Waals surface area contributed by atoms with Gasteiger partial charge in [0.2, 0.25) is 5.75 Å². The van der Waals surface area contributed by atoms with Crippen LogP contribution >= 0.6 is 0 Å². The van der Waals surface area contributed by atoms with Crippen LogP contribution in [-0.2, 0) is 16.8 Å². The number of phenols is 6. The Morgan fingerprint density at radius 3 is 2.36 bits per heavy atom. The van der Waals surface area contributed by atoms with Gasteiger partial charge in [-0.1, -0.05) is 6.07 Å². The molecule has 7 N–H and O–H groups in total. The monoisotopic (exact) mass is 500 g/mol. The Labute approximate surface area is 204 Å². The van der Waals surface area contributed by atoms with Gasteiger partial charge >= 0.3 is 5.97 Å². The average Bonchev–Trinajstić information content (AvgIpc) is 2.82. The van der Waals surface area contributed by atoms with Crippen molar-refractivity contribution in [3.63, 3.8) is 0 Å². The average molecular weight is 500 g/mol. The van der Waals surface area contributed by atoms with E-state index in [2.05, 4.69) is 0 Å². The number of esters is 1. The zero-order chi connectivity index (χ0) is 26.4. The lowest BCUT2D eigenvalue weighted by Gasteiger charge is -2.44. The number of carbonyl (C=O) groups is 1. The molecule has 0 spiro atoms. The smallest absolute Gasteiger partial charge is 0.338 e. The van der Waals surface area contributed by atoms with Gasteiger partial charge < -0.3 is 50.0 Å². The van der Waals surface area contributed by atoms with E-state index in [-0.39, 0.29) is 52.5 Å². The molecule has 0 saturated heterocycles. The molecule has 0 bridgehead atoms. The summed E-state index contributed by atoms with van der Waals surface area (Å²) in [6.07, 6.45) is -1.90. The molecule has 1 unspecified atom stereocenters. The molecule has 0 saturated carbocycles. The van der Waals surface area contributed by atoms with Gasteiger partial charge in [0.1, 0.15) is 23.4 Å². The second-order valence-corrected chi connectivity index (χ2v) is 8.12. The number of hydrogen-bond acceptors (Lipinski definition) is 11. The highest BCUT2D eigenvalue weighted by Crippen LogP contribution is 2.54. The van der Waals surface area contributed by atoms with Crippen LogP contribution in [0.2, 0.25) is 0 Å². The van der Waals surface area contributed by atoms with Gasteiger partial charge in [0, 0.05) is 29.7 Å². The second kappa shape index (κ2) is 8.93. The summed E-state index contributed by atoms with van der Waals surface area (Å²) in [5.74, 6) is -4.79. The lowest BCUT2D eigenvalue weighted by Crippen LogP contribution is -2.50. The van der Waals surface area contributed by atoms with Crippen LogP contribution in [0, 0.1) is 0 Å². The molecule has 1 aliphatic heterocycles. The number of methoxy groups -OCH3 is 1. The maximum atomic E-state index is 13.0. The van der Waals surface area contributed by atoms with Gasteiger partial charge in [-0.25, -0.2) is 4.79 Å². The van der Waals surface area contributed by atoms with Crippen LogP contribution in [0.25, 0.3) is 0 Å². The summed E-state index contributed by atoms with van der Waals surface area (Å²) in [6, 6.07) is 6.64. The lowest BCUT2D eigenvalue weighted by molar-refractivity contribution is -0.0457. The SMILES string of the molecule is CCOC(=O)c1cc(O)c(O)c(OC)c1C1(c2ccc(O)c(O)c2)Oc2cc(O)cc(O)c2C[C@H]1O. The Bertz CT molecular complexity index is 1350. The molecule has 1 heterocycles. The predicted molar refractivity (Wildman–Crippen MR) is 123 cm³/mol. The molecule has 11 heteroatoms. The third-order valence-corrected chi connectivity index (χ3v) is 6.02. The van der Waals surface area contributed by atoms with Crippen molar-refractivity contribution in [3.8, 4) is 46.0 Å². The second-order valence-electron chi connectivity index (χ2n) is 8.12. The normalized spacial score (nSPS) is 18.7. The lowest BCUT2D eigenvalue weighted by atomic mass is 9.74. The van der Waals surface area contributed by atoms with Crippen LogP contribution in [0.5, 0.6) is 46.0 Å². The first-order valence-electron chi connectivity index (χ1n) is 10.8. The number of fused-ring (bicyclic) bond motifs is 1. The fourth-order valence-electron chi connectivity index (χ4n) is 4.43. The summed E-state index contributed by atoms with van der Waals surface area (Å²) in [5.41, 5.74) is -2.64. The number of benzene rings is 3. The van der Waals surface area contributed by atoms with Crippen molar-refractivity contribution < 1.29 is 54.8 Å². The first-order valence-corrected chi connectivity index (χ1v) is 10.8. The van der Waals surface area contributed by atoms with Crippen LogP contribution < -0.4 is 9.47 Å². The molecule has 0 aliphatic carbocycles. The topological polar surface area (TPSA) is 186 Å². The maximum absolute atomic E-state index is 13.0. The molecule has 1 aliphatic rings. The van der Waals surface area contributed by atoms with Crippen LogP contribution in [0.15, 0.2) is 36.4 Å². The molecule has 3 aromatic rings. The van der Waals surface area contributed by atoms with Gasteiger partial charge in [-0.3, -0.25) is 0 Å². The Morgan fingerprint density at radius 1 is 1.00 bits per heavy atom. The first kappa shape index (κ1) is 24.6. The van der Waals surface area contributed by atoms with Gasteiger partial charge in [0.25, 0.3) is 0 Å². The third kappa shape index (κ3) is 3.69. The van der Waals surface area contributed by atoms with Crippen molar-refractivity contribution in [1.82, 2.24) is 0 Å². The molecule has 4 rings (SSSR count). The number of phenolic OH excluding ortho intramolecular Hbond substituents is 6. The van der Waals surface area contributed by atoms with E-state index in [1.165, 1.54) is 12.1 Å². The molecule has 0 aromatic heterocycles. The van der Waals surface area contributed by atoms with Gasteiger partial charge in [-0.15, -0.1) is 0 Å². The predicted octanol–water partition coefficient (Wildman–Crippen LogP) is 2.35. The zero-order valence-electron chi connectivity index (χ0n) is 19.2. The maximum Gasteiger partial charge on any atom is 0.338 e. The minimum atomic E-state index is -2.16. The highest BCUT2D eigenvalue weighted by molar-refractivity contribution is 5.94. The van der Waals surface area contributed by atoms with Crippen LogP contribution in [-0.4, -0.2) is 61.5 Å². The number of ether oxygens (including phenoxy) is 3. The van der Waals surface area contributed by atoms with E-state index in [9.17, 15) is 40.5 Å². The molecule has 190 valence electrons. The summed E-state index contributed by atoms with van der Waals surface area (Å²) in [5, 5.41) is 73.1. The number of aliphatic hydroxyl groups is 1. The van der Waals surface area contributed by atoms with E-state index in [1.54, 1.807) is 6.92 Å². The van der Waals surface area contributed by atoms with E-state index in [0.29, 0.717) is 0 Å². The number of carbonyl (C=O) groups excluding carboxylic acids is 1. The highest BCUT2D eigenvalue weighted by atomic mass is 16.5. The standard InChI is InChI=1S/C25H24O11/c1-3-35-24(33)14-9-18(30)22(32)23(34-2)21(14)25(11-4-5-15(27)17(29)6-11)20(31)10-13-16(28)7-12(26)8-19(13)36-25/h4-9,20,26-32H,3,10H2,1-2H3/t20-,25?/m1/s1. The molecule has 11 nitrogen and oxygen atoms in total. The largest absolute Gasteiger partial charge is 0.508 e. The summed E-state index contributed by atoms with van der Waals surface area (Å²) >= 11 is 0. The van der Waals surface area contributed by atoms with Gasteiger partial charge in [-0.2, -0.15) is 0 Å². The van der Waals surface area contributed by atoms with E-state index >= 15 is 0 Å². The number of aromatic hydroxyl groups is 6. The minimum Gasteiger partial charge on any atom is -0.508 e. The van der Waals surface area contributed by atoms with Crippen molar-refractivity contribution in [3.05, 3.63) is 58.7 Å². The first-order chi connectivity index (χ1) is 17.0. The quantitative estimate of drug-likeness (QED) is 0.201. The van der Waals surface area contributed by atoms with Crippen molar-refractivity contribution >= 4 is 5.97 Å². The summed E-state index contributed by atoms with van der Waals surface area (Å²) in [6.45, 7) is 1.50. The van der Waals surface area contributed by atoms with Crippen molar-refractivity contribution in [2.45, 2.75) is 25.0 Å². The number of hydrogen-bond donors (Lipinski definition) is 7. The van der Waals surface area contributed by atoms with E-state index in [4.69, 9.17) is 14.2 Å². The Hall–Kier alpha value is -4.51. The summed E-state index contributed by atoms with van der Waals surface area (Å²) in [7, 11) is 1.15. The summed E-state index contributed by atoms with van der Waals surface area (Å²) < 4.78 is 16.7. The zero-order valence-corrected chi connectivity index (χ0v) is 19.2. The van der Waals surface area contributed by atoms with Gasteiger partial charge in [0.15, 0.2) is 28.6 Å². The third-order valence-electron chi connectivity index (χ3n) is 6.02. The molecular weight excluding hydrogens is 476 g/mol. The van der Waals surface area contributed by atoms with E-state index in [0.717, 1.165) is 31.4 Å². The fourth-order valence-corrected chi connectivity index (χ4v) is 4.43. The molecular formula is C25H24O11. The van der Waals surface area contributed by atoms with Crippen LogP contribution in [0.1, 0.15) is 34.0 Å². The summed E-state index contributed by atoms with van der Waals surface area (Å²) in [4.78, 5) is 13.0. The fraction of sp³-hybridized carbons (Fsp3) is 0.240. The van der Waals surface area contributed by atoms with Gasteiger partial charge in [-0.05, 0) is 25.1 Å². The van der Waals surface area contributed by atoms with Crippen molar-refractivity contribution in [2.24, 2.45) is 0 Å². The molecule has 3 aromatic carbocycles. The minimum absolute atomic E-state index is 0.00674. The highest BCUT2D eigenvalue weighted by Gasteiger charge is 2.53. The molecule has 0 fully saturated rings. The van der Waals surface area contributed by atoms with Crippen molar-refractivity contribution in [2.75, 3.05) is 13.7 Å². The van der Waals surface area contributed by atoms with E-state index < -0.39 is 46.4 Å². The molecule has 2 atom stereocenters. The number of aliphatic hydroxyl groups excluding tert-OH is 1. The Balaban J connectivity index is 2.16. The Kier molecular flexibility index (Phi) is 6.10. The van der Waals surface area contributed by atoms with Crippen LogP contribution in [0.4, 0.5) is 0 Å². The van der Waals surface area contributed by atoms with Gasteiger partial charge in [0.05, 0.1) is 24.8 Å².